The molecule has 0 spiro atoms. The van der Waals surface area contributed by atoms with E-state index in [0.29, 0.717) is 22.0 Å². The molecule has 134 valence electrons. The third-order valence-electron chi connectivity index (χ3n) is 3.43. The SMILES string of the molecule is C[C@@H](OC(=O)[C@@H](C)Oc1ccc(Cl)cc1)C(=O)Nc1ccccc1C#N. The Morgan fingerprint density at radius 1 is 1.08 bits per heavy atom. The van der Waals surface area contributed by atoms with E-state index in [1.165, 1.54) is 13.8 Å². The molecule has 7 heteroatoms. The summed E-state index contributed by atoms with van der Waals surface area (Å²) in [4.78, 5) is 24.3. The zero-order valence-corrected chi connectivity index (χ0v) is 15.0. The van der Waals surface area contributed by atoms with Gasteiger partial charge in [0, 0.05) is 5.02 Å². The van der Waals surface area contributed by atoms with Crippen molar-refractivity contribution in [2.24, 2.45) is 0 Å². The van der Waals surface area contributed by atoms with Crippen LogP contribution in [0.1, 0.15) is 19.4 Å². The number of anilines is 1. The molecule has 1 N–H and O–H groups in total. The highest BCUT2D eigenvalue weighted by Crippen LogP contribution is 2.18. The summed E-state index contributed by atoms with van der Waals surface area (Å²) in [6.45, 7) is 2.96. The van der Waals surface area contributed by atoms with E-state index in [0.717, 1.165) is 0 Å². The van der Waals surface area contributed by atoms with Gasteiger partial charge in [-0.15, -0.1) is 0 Å². The van der Waals surface area contributed by atoms with E-state index < -0.39 is 24.1 Å². The molecule has 0 aliphatic rings. The summed E-state index contributed by atoms with van der Waals surface area (Å²) < 4.78 is 10.6. The average Bonchev–Trinajstić information content (AvgIpc) is 2.63. The van der Waals surface area contributed by atoms with Gasteiger partial charge >= 0.3 is 5.97 Å². The molecule has 0 saturated heterocycles. The van der Waals surface area contributed by atoms with Crippen LogP contribution in [0.4, 0.5) is 5.69 Å². The Balaban J connectivity index is 1.92. The van der Waals surface area contributed by atoms with Crippen LogP contribution in [0.3, 0.4) is 0 Å². The summed E-state index contributed by atoms with van der Waals surface area (Å²) in [5, 5.41) is 12.2. The molecule has 2 aromatic carbocycles. The Morgan fingerprint density at radius 2 is 1.73 bits per heavy atom. The summed E-state index contributed by atoms with van der Waals surface area (Å²) in [5.41, 5.74) is 0.673. The van der Waals surface area contributed by atoms with Crippen molar-refractivity contribution in [3.8, 4) is 11.8 Å². The molecule has 0 radical (unpaired) electrons. The van der Waals surface area contributed by atoms with E-state index in [4.69, 9.17) is 26.3 Å². The van der Waals surface area contributed by atoms with Crippen molar-refractivity contribution in [2.45, 2.75) is 26.1 Å². The fourth-order valence-electron chi connectivity index (χ4n) is 2.01. The van der Waals surface area contributed by atoms with Crippen molar-refractivity contribution in [3.05, 3.63) is 59.1 Å². The van der Waals surface area contributed by atoms with Crippen LogP contribution in [-0.4, -0.2) is 24.1 Å². The molecule has 2 rings (SSSR count). The normalized spacial score (nSPS) is 12.4. The fourth-order valence-corrected chi connectivity index (χ4v) is 2.14. The number of nitriles is 1. The minimum absolute atomic E-state index is 0.318. The second kappa shape index (κ2) is 8.88. The van der Waals surface area contributed by atoms with Crippen molar-refractivity contribution in [3.63, 3.8) is 0 Å². The average molecular weight is 373 g/mol. The zero-order chi connectivity index (χ0) is 19.1. The molecule has 0 aliphatic heterocycles. The number of para-hydroxylation sites is 1. The number of ether oxygens (including phenoxy) is 2. The van der Waals surface area contributed by atoms with E-state index >= 15 is 0 Å². The maximum Gasteiger partial charge on any atom is 0.347 e. The fraction of sp³-hybridized carbons (Fsp3) is 0.211. The van der Waals surface area contributed by atoms with Gasteiger partial charge in [0.15, 0.2) is 12.2 Å². The molecular weight excluding hydrogens is 356 g/mol. The quantitative estimate of drug-likeness (QED) is 0.783. The molecule has 1 amide bonds. The summed E-state index contributed by atoms with van der Waals surface area (Å²) in [6.07, 6.45) is -1.96. The third kappa shape index (κ3) is 5.23. The molecule has 0 fully saturated rings. The van der Waals surface area contributed by atoms with Crippen LogP contribution in [0.15, 0.2) is 48.5 Å². The van der Waals surface area contributed by atoms with Crippen LogP contribution < -0.4 is 10.1 Å². The Labute approximate surface area is 156 Å². The summed E-state index contributed by atoms with van der Waals surface area (Å²) >= 11 is 5.79. The monoisotopic (exact) mass is 372 g/mol. The summed E-state index contributed by atoms with van der Waals surface area (Å²) in [7, 11) is 0. The van der Waals surface area contributed by atoms with Crippen molar-refractivity contribution < 1.29 is 19.1 Å². The van der Waals surface area contributed by atoms with Gasteiger partial charge in [0.1, 0.15) is 11.8 Å². The number of hydrogen-bond donors (Lipinski definition) is 1. The first kappa shape index (κ1) is 19.3. The number of nitrogens with zero attached hydrogens (tertiary/aromatic N) is 1. The van der Waals surface area contributed by atoms with Gasteiger partial charge in [0.05, 0.1) is 11.3 Å². The minimum atomic E-state index is -1.05. The lowest BCUT2D eigenvalue weighted by Crippen LogP contribution is -2.35. The number of amides is 1. The molecule has 6 nitrogen and oxygen atoms in total. The van der Waals surface area contributed by atoms with Gasteiger partial charge in [-0.25, -0.2) is 4.79 Å². The van der Waals surface area contributed by atoms with Crippen LogP contribution in [0.5, 0.6) is 5.75 Å². The second-order valence-electron chi connectivity index (χ2n) is 5.44. The first-order chi connectivity index (χ1) is 12.4. The van der Waals surface area contributed by atoms with Crippen LogP contribution in [0.25, 0.3) is 0 Å². The Bertz CT molecular complexity index is 830. The molecule has 0 bridgehead atoms. The highest BCUT2D eigenvalue weighted by molar-refractivity contribution is 6.30. The number of esters is 1. The predicted molar refractivity (Wildman–Crippen MR) is 96.9 cm³/mol. The molecule has 0 unspecified atom stereocenters. The molecule has 26 heavy (non-hydrogen) atoms. The van der Waals surface area contributed by atoms with E-state index in [2.05, 4.69) is 5.32 Å². The summed E-state index contributed by atoms with van der Waals surface area (Å²) in [6, 6.07) is 15.1. The smallest absolute Gasteiger partial charge is 0.347 e. The van der Waals surface area contributed by atoms with Crippen LogP contribution in [-0.2, 0) is 14.3 Å². The van der Waals surface area contributed by atoms with Gasteiger partial charge < -0.3 is 14.8 Å². The Morgan fingerprint density at radius 3 is 2.38 bits per heavy atom. The number of nitrogens with one attached hydrogen (secondary N) is 1. The molecule has 0 saturated carbocycles. The topological polar surface area (TPSA) is 88.4 Å². The van der Waals surface area contributed by atoms with Crippen molar-refractivity contribution in [2.75, 3.05) is 5.32 Å². The number of carbonyl (C=O) groups excluding carboxylic acids is 2. The lowest BCUT2D eigenvalue weighted by atomic mass is 10.2. The van der Waals surface area contributed by atoms with Gasteiger partial charge in [-0.05, 0) is 50.2 Å². The maximum atomic E-state index is 12.2. The third-order valence-corrected chi connectivity index (χ3v) is 3.68. The van der Waals surface area contributed by atoms with Gasteiger partial charge in [0.2, 0.25) is 0 Å². The molecular formula is C19H17ClN2O4. The highest BCUT2D eigenvalue weighted by atomic mass is 35.5. The number of hydrogen-bond acceptors (Lipinski definition) is 5. The van der Waals surface area contributed by atoms with Gasteiger partial charge in [-0.3, -0.25) is 4.79 Å². The van der Waals surface area contributed by atoms with Gasteiger partial charge in [0.25, 0.3) is 5.91 Å². The molecule has 0 aliphatic carbocycles. The molecule has 0 heterocycles. The Hall–Kier alpha value is -3.04. The first-order valence-electron chi connectivity index (χ1n) is 7.83. The number of benzene rings is 2. The van der Waals surface area contributed by atoms with E-state index in [9.17, 15) is 9.59 Å². The predicted octanol–water partition coefficient (Wildman–Crippen LogP) is 3.55. The van der Waals surface area contributed by atoms with Crippen LogP contribution >= 0.6 is 11.6 Å². The van der Waals surface area contributed by atoms with Gasteiger partial charge in [-0.1, -0.05) is 23.7 Å². The first-order valence-corrected chi connectivity index (χ1v) is 8.21. The molecule has 2 aromatic rings. The van der Waals surface area contributed by atoms with Gasteiger partial charge in [-0.2, -0.15) is 5.26 Å². The van der Waals surface area contributed by atoms with E-state index in [1.807, 2.05) is 6.07 Å². The number of carbonyl (C=O) groups is 2. The Kier molecular flexibility index (Phi) is 6.59. The second-order valence-corrected chi connectivity index (χ2v) is 5.88. The lowest BCUT2D eigenvalue weighted by molar-refractivity contribution is -0.159. The molecule has 2 atom stereocenters. The van der Waals surface area contributed by atoms with Crippen LogP contribution in [0, 0.1) is 11.3 Å². The van der Waals surface area contributed by atoms with Crippen molar-refractivity contribution >= 4 is 29.2 Å². The number of rotatable bonds is 6. The maximum absolute atomic E-state index is 12.2. The zero-order valence-electron chi connectivity index (χ0n) is 14.2. The molecule has 0 aromatic heterocycles. The van der Waals surface area contributed by atoms with E-state index in [-0.39, 0.29) is 0 Å². The standard InChI is InChI=1S/C19H17ClN2O4/c1-12(18(23)22-17-6-4-3-5-14(17)11-21)26-19(24)13(2)25-16-9-7-15(20)8-10-16/h3-10,12-13H,1-2H3,(H,22,23)/t12-,13-/m1/s1. The minimum Gasteiger partial charge on any atom is -0.479 e. The summed E-state index contributed by atoms with van der Waals surface area (Å²) in [5.74, 6) is -0.769. The van der Waals surface area contributed by atoms with Crippen LogP contribution in [0.2, 0.25) is 5.02 Å². The lowest BCUT2D eigenvalue weighted by Gasteiger charge is -2.18. The highest BCUT2D eigenvalue weighted by Gasteiger charge is 2.23. The van der Waals surface area contributed by atoms with E-state index in [1.54, 1.807) is 48.5 Å². The number of halogens is 1. The van der Waals surface area contributed by atoms with Crippen molar-refractivity contribution in [1.29, 1.82) is 5.26 Å². The largest absolute Gasteiger partial charge is 0.479 e. The van der Waals surface area contributed by atoms with Crippen molar-refractivity contribution in [1.82, 2.24) is 0 Å².